The molecular weight excluding hydrogens is 324 g/mol. The van der Waals surface area contributed by atoms with E-state index in [9.17, 15) is 14.4 Å². The van der Waals surface area contributed by atoms with Crippen LogP contribution in [0.4, 0.5) is 0 Å². The number of hydrazine groups is 1. The first-order valence-electron chi connectivity index (χ1n) is 8.53. The maximum atomic E-state index is 12.5. The number of rotatable bonds is 4. The number of hydrogen-bond donors (Lipinski definition) is 1. The molecular formula is C18H20N2O5. The molecule has 1 aromatic rings. The van der Waals surface area contributed by atoms with Gasteiger partial charge in [0, 0.05) is 0 Å². The van der Waals surface area contributed by atoms with Crippen molar-refractivity contribution in [3.63, 3.8) is 0 Å². The summed E-state index contributed by atoms with van der Waals surface area (Å²) < 4.78 is 11.3. The molecule has 0 saturated carbocycles. The van der Waals surface area contributed by atoms with Crippen molar-refractivity contribution < 1.29 is 23.9 Å². The summed E-state index contributed by atoms with van der Waals surface area (Å²) in [5.41, 5.74) is 3.44. The Balaban J connectivity index is 1.42. The third kappa shape index (κ3) is 2.59. The molecule has 3 aliphatic rings. The Morgan fingerprint density at radius 1 is 1.24 bits per heavy atom. The van der Waals surface area contributed by atoms with Gasteiger partial charge < -0.3 is 9.47 Å². The largest absolute Gasteiger partial charge is 0.481 e. The second-order valence-corrected chi connectivity index (χ2v) is 6.91. The van der Waals surface area contributed by atoms with E-state index >= 15 is 0 Å². The van der Waals surface area contributed by atoms with Crippen LogP contribution in [-0.2, 0) is 19.1 Å². The summed E-state index contributed by atoms with van der Waals surface area (Å²) >= 11 is 0. The highest BCUT2D eigenvalue weighted by atomic mass is 16.5. The number of amides is 3. The fourth-order valence-corrected chi connectivity index (χ4v) is 3.97. The van der Waals surface area contributed by atoms with Gasteiger partial charge in [-0.25, -0.2) is 0 Å². The van der Waals surface area contributed by atoms with Crippen LogP contribution in [0.1, 0.15) is 25.3 Å². The number of imide groups is 1. The van der Waals surface area contributed by atoms with Gasteiger partial charge in [-0.2, -0.15) is 5.01 Å². The highest BCUT2D eigenvalue weighted by Gasteiger charge is 2.63. The van der Waals surface area contributed by atoms with E-state index in [-0.39, 0.29) is 24.0 Å². The highest BCUT2D eigenvalue weighted by Crippen LogP contribution is 2.48. The zero-order chi connectivity index (χ0) is 17.7. The van der Waals surface area contributed by atoms with Crippen molar-refractivity contribution in [2.75, 3.05) is 0 Å². The number of carbonyl (C=O) groups excluding carboxylic acids is 3. The molecule has 1 aromatic carbocycles. The molecule has 3 fully saturated rings. The van der Waals surface area contributed by atoms with Gasteiger partial charge in [-0.3, -0.25) is 19.8 Å². The molecule has 25 heavy (non-hydrogen) atoms. The van der Waals surface area contributed by atoms with Gasteiger partial charge in [0.15, 0.2) is 6.10 Å². The quantitative estimate of drug-likeness (QED) is 0.822. The van der Waals surface area contributed by atoms with E-state index in [2.05, 4.69) is 5.43 Å². The number of nitrogens with zero attached hydrogens (tertiary/aromatic N) is 1. The highest BCUT2D eigenvalue weighted by molar-refractivity contribution is 6.07. The summed E-state index contributed by atoms with van der Waals surface area (Å²) in [5.74, 6) is -1.64. The van der Waals surface area contributed by atoms with Crippen molar-refractivity contribution in [2.45, 2.75) is 45.0 Å². The van der Waals surface area contributed by atoms with E-state index in [4.69, 9.17) is 9.47 Å². The van der Waals surface area contributed by atoms with Gasteiger partial charge >= 0.3 is 0 Å². The summed E-state index contributed by atoms with van der Waals surface area (Å²) in [5, 5.41) is 0.863. The monoisotopic (exact) mass is 344 g/mol. The lowest BCUT2D eigenvalue weighted by Gasteiger charge is -2.21. The molecule has 4 rings (SSSR count). The number of benzene rings is 1. The lowest BCUT2D eigenvalue weighted by atomic mass is 9.81. The second kappa shape index (κ2) is 5.84. The normalized spacial score (nSPS) is 31.2. The fraction of sp³-hybridized carbons (Fsp3) is 0.500. The van der Waals surface area contributed by atoms with Crippen LogP contribution in [-0.4, -0.2) is 41.0 Å². The van der Waals surface area contributed by atoms with Crippen molar-refractivity contribution in [1.82, 2.24) is 10.4 Å². The Hall–Kier alpha value is -2.41. The van der Waals surface area contributed by atoms with Crippen LogP contribution in [0, 0.1) is 18.8 Å². The lowest BCUT2D eigenvalue weighted by molar-refractivity contribution is -0.153. The molecule has 3 heterocycles. The molecule has 0 aliphatic carbocycles. The molecule has 3 saturated heterocycles. The van der Waals surface area contributed by atoms with Crippen LogP contribution < -0.4 is 10.2 Å². The molecule has 2 bridgehead atoms. The van der Waals surface area contributed by atoms with E-state index in [1.54, 1.807) is 13.0 Å². The van der Waals surface area contributed by atoms with Crippen LogP contribution in [0.3, 0.4) is 0 Å². The standard InChI is InChI=1S/C18H20N2O5/c1-9-4-3-5-11(8-9)24-10(2)16(21)19-20-17(22)14-12-6-7-13(25-12)15(14)18(20)23/h3-5,8,10,12-15H,6-7H2,1-2H3,(H,19,21)/t10-,12-,13+,14+,15-/m0/s1. The number of nitrogens with one attached hydrogen (secondary N) is 1. The van der Waals surface area contributed by atoms with Crippen molar-refractivity contribution in [2.24, 2.45) is 11.8 Å². The van der Waals surface area contributed by atoms with Gasteiger partial charge in [0.1, 0.15) is 5.75 Å². The molecule has 0 aromatic heterocycles. The summed E-state index contributed by atoms with van der Waals surface area (Å²) in [6.45, 7) is 3.50. The van der Waals surface area contributed by atoms with Crippen LogP contribution in [0.15, 0.2) is 24.3 Å². The summed E-state index contributed by atoms with van der Waals surface area (Å²) in [7, 11) is 0. The Kier molecular flexibility index (Phi) is 3.76. The Labute approximate surface area is 145 Å². The van der Waals surface area contributed by atoms with E-state index in [1.807, 2.05) is 25.1 Å². The maximum absolute atomic E-state index is 12.5. The van der Waals surface area contributed by atoms with Gasteiger partial charge in [-0.1, -0.05) is 12.1 Å². The Morgan fingerprint density at radius 3 is 2.48 bits per heavy atom. The van der Waals surface area contributed by atoms with E-state index in [1.165, 1.54) is 0 Å². The zero-order valence-corrected chi connectivity index (χ0v) is 14.1. The van der Waals surface area contributed by atoms with Crippen molar-refractivity contribution in [3.8, 4) is 5.75 Å². The minimum atomic E-state index is -0.837. The molecule has 1 N–H and O–H groups in total. The molecule has 3 amide bonds. The first kappa shape index (κ1) is 16.1. The molecule has 0 spiro atoms. The third-order valence-corrected chi connectivity index (χ3v) is 5.18. The van der Waals surface area contributed by atoms with Crippen LogP contribution >= 0.6 is 0 Å². The number of aryl methyl sites for hydroxylation is 1. The molecule has 5 atom stereocenters. The second-order valence-electron chi connectivity index (χ2n) is 6.91. The van der Waals surface area contributed by atoms with Gasteiger partial charge in [-0.05, 0) is 44.4 Å². The van der Waals surface area contributed by atoms with Gasteiger partial charge in [0.25, 0.3) is 17.7 Å². The van der Waals surface area contributed by atoms with E-state index in [0.29, 0.717) is 5.75 Å². The summed E-state index contributed by atoms with van der Waals surface area (Å²) in [4.78, 5) is 37.4. The first-order chi connectivity index (χ1) is 12.0. The van der Waals surface area contributed by atoms with Gasteiger partial charge in [0.05, 0.1) is 24.0 Å². The Morgan fingerprint density at radius 2 is 1.88 bits per heavy atom. The van der Waals surface area contributed by atoms with Gasteiger partial charge in [-0.15, -0.1) is 0 Å². The predicted octanol–water partition coefficient (Wildman–Crippen LogP) is 0.956. The SMILES string of the molecule is Cc1cccc(O[C@@H](C)C(=O)NN2C(=O)[C@@H]3[C@H](C2=O)[C@@H]2CC[C@H]3O2)c1. The first-order valence-corrected chi connectivity index (χ1v) is 8.53. The van der Waals surface area contributed by atoms with E-state index < -0.39 is 23.8 Å². The summed E-state index contributed by atoms with van der Waals surface area (Å²) in [6.07, 6.45) is 0.346. The summed E-state index contributed by atoms with van der Waals surface area (Å²) in [6, 6.07) is 7.33. The Bertz CT molecular complexity index is 721. The van der Waals surface area contributed by atoms with Crippen LogP contribution in [0.2, 0.25) is 0 Å². The smallest absolute Gasteiger partial charge is 0.279 e. The molecule has 3 aliphatic heterocycles. The maximum Gasteiger partial charge on any atom is 0.279 e. The number of fused-ring (bicyclic) bond motifs is 5. The predicted molar refractivity (Wildman–Crippen MR) is 86.1 cm³/mol. The fourth-order valence-electron chi connectivity index (χ4n) is 3.97. The number of carbonyl (C=O) groups is 3. The minimum absolute atomic E-state index is 0.200. The lowest BCUT2D eigenvalue weighted by Crippen LogP contribution is -2.51. The van der Waals surface area contributed by atoms with Crippen molar-refractivity contribution in [1.29, 1.82) is 0 Å². The number of ether oxygens (including phenoxy) is 2. The van der Waals surface area contributed by atoms with Crippen LogP contribution in [0.25, 0.3) is 0 Å². The van der Waals surface area contributed by atoms with Crippen molar-refractivity contribution >= 4 is 17.7 Å². The topological polar surface area (TPSA) is 84.9 Å². The molecule has 0 radical (unpaired) electrons. The van der Waals surface area contributed by atoms with Gasteiger partial charge in [0.2, 0.25) is 0 Å². The molecule has 0 unspecified atom stereocenters. The average Bonchev–Trinajstić information content (AvgIpc) is 3.24. The number of hydrogen-bond acceptors (Lipinski definition) is 5. The average molecular weight is 344 g/mol. The molecule has 7 nitrogen and oxygen atoms in total. The molecule has 132 valence electrons. The van der Waals surface area contributed by atoms with Crippen LogP contribution in [0.5, 0.6) is 5.75 Å². The van der Waals surface area contributed by atoms with Crippen molar-refractivity contribution in [3.05, 3.63) is 29.8 Å². The molecule has 7 heteroatoms. The zero-order valence-electron chi connectivity index (χ0n) is 14.1. The third-order valence-electron chi connectivity index (χ3n) is 5.18. The minimum Gasteiger partial charge on any atom is -0.481 e. The van der Waals surface area contributed by atoms with E-state index in [0.717, 1.165) is 23.4 Å².